The number of para-hydroxylation sites is 1. The van der Waals surface area contributed by atoms with Crippen LogP contribution >= 0.6 is 0 Å². The van der Waals surface area contributed by atoms with Gasteiger partial charge in [0.05, 0.1) is 24.3 Å². The number of H-pyrrole nitrogens is 1. The number of halogens is 6. The highest BCUT2D eigenvalue weighted by Gasteiger charge is 2.39. The summed E-state index contributed by atoms with van der Waals surface area (Å²) in [6, 6.07) is 8.11. The van der Waals surface area contributed by atoms with Gasteiger partial charge in [0.2, 0.25) is 0 Å². The highest BCUT2D eigenvalue weighted by molar-refractivity contribution is 5.95. The SMILES string of the molecule is O=C(c1cc(C(F)(F)F)cc(C(F)(F)F)c1)N1CCN(CC/C=N/OCCN2CCOCC2)C[C@H]1Cc1c[nH]c2ccccc12. The molecule has 14 heteroatoms. The third-order valence-electron chi connectivity index (χ3n) is 8.12. The Bertz CT molecular complexity index is 1440. The van der Waals surface area contributed by atoms with Crippen molar-refractivity contribution in [3.05, 3.63) is 70.9 Å². The molecule has 2 saturated heterocycles. The first-order valence-electron chi connectivity index (χ1n) is 14.8. The summed E-state index contributed by atoms with van der Waals surface area (Å²) in [4.78, 5) is 28.0. The van der Waals surface area contributed by atoms with Crippen molar-refractivity contribution in [2.45, 2.75) is 31.2 Å². The maximum Gasteiger partial charge on any atom is 0.416 e. The van der Waals surface area contributed by atoms with Crippen LogP contribution in [-0.4, -0.2) is 103 Å². The Hall–Kier alpha value is -3.62. The van der Waals surface area contributed by atoms with Gasteiger partial charge < -0.3 is 19.5 Å². The summed E-state index contributed by atoms with van der Waals surface area (Å²) in [6.07, 6.45) is -5.69. The Morgan fingerprint density at radius 1 is 0.956 bits per heavy atom. The number of piperazine rings is 1. The molecule has 0 radical (unpaired) electrons. The second-order valence-corrected chi connectivity index (χ2v) is 11.2. The number of benzene rings is 2. The molecular formula is C31H35F6N5O3. The molecule has 3 aromatic rings. The first kappa shape index (κ1) is 32.8. The van der Waals surface area contributed by atoms with Crippen LogP contribution in [-0.2, 0) is 28.3 Å². The van der Waals surface area contributed by atoms with Crippen LogP contribution in [0.1, 0.15) is 33.5 Å². The van der Waals surface area contributed by atoms with Crippen LogP contribution in [0.3, 0.4) is 0 Å². The van der Waals surface area contributed by atoms with Gasteiger partial charge in [0.25, 0.3) is 5.91 Å². The van der Waals surface area contributed by atoms with Gasteiger partial charge in [0.1, 0.15) is 6.61 Å². The molecule has 1 atom stereocenters. The summed E-state index contributed by atoms with van der Waals surface area (Å²) in [7, 11) is 0. The number of aromatic amines is 1. The van der Waals surface area contributed by atoms with Gasteiger partial charge in [0.15, 0.2) is 0 Å². The van der Waals surface area contributed by atoms with Crippen molar-refractivity contribution in [1.82, 2.24) is 19.7 Å². The molecule has 244 valence electrons. The van der Waals surface area contributed by atoms with E-state index in [1.807, 2.05) is 30.5 Å². The van der Waals surface area contributed by atoms with E-state index >= 15 is 0 Å². The number of carbonyl (C=O) groups excluding carboxylic acids is 1. The van der Waals surface area contributed by atoms with Gasteiger partial charge >= 0.3 is 12.4 Å². The summed E-state index contributed by atoms with van der Waals surface area (Å²) in [5.74, 6) is -0.869. The smallest absolute Gasteiger partial charge is 0.395 e. The van der Waals surface area contributed by atoms with Gasteiger partial charge in [-0.05, 0) is 42.7 Å². The van der Waals surface area contributed by atoms with E-state index in [0.29, 0.717) is 64.4 Å². The molecule has 0 bridgehead atoms. The number of oxime groups is 1. The fourth-order valence-electron chi connectivity index (χ4n) is 5.76. The molecule has 1 amide bonds. The van der Waals surface area contributed by atoms with Crippen LogP contribution < -0.4 is 0 Å². The fourth-order valence-corrected chi connectivity index (χ4v) is 5.76. The van der Waals surface area contributed by atoms with E-state index in [2.05, 4.69) is 19.9 Å². The Morgan fingerprint density at radius 3 is 2.38 bits per heavy atom. The van der Waals surface area contributed by atoms with Crippen molar-refractivity contribution < 1.29 is 40.7 Å². The average molecular weight is 640 g/mol. The summed E-state index contributed by atoms with van der Waals surface area (Å²) in [6.45, 7) is 5.83. The minimum absolute atomic E-state index is 0.0338. The van der Waals surface area contributed by atoms with Crippen LogP contribution in [0.5, 0.6) is 0 Å². The largest absolute Gasteiger partial charge is 0.416 e. The van der Waals surface area contributed by atoms with Crippen molar-refractivity contribution in [3.8, 4) is 0 Å². The number of morpholine rings is 1. The summed E-state index contributed by atoms with van der Waals surface area (Å²) in [5, 5.41) is 4.96. The summed E-state index contributed by atoms with van der Waals surface area (Å²) >= 11 is 0. The maximum atomic E-state index is 13.7. The maximum absolute atomic E-state index is 13.7. The van der Waals surface area contributed by atoms with E-state index in [9.17, 15) is 31.1 Å². The quantitative estimate of drug-likeness (QED) is 0.141. The Kier molecular flexibility index (Phi) is 10.3. The monoisotopic (exact) mass is 639 g/mol. The molecule has 1 N–H and O–H groups in total. The highest BCUT2D eigenvalue weighted by Crippen LogP contribution is 2.37. The zero-order valence-electron chi connectivity index (χ0n) is 24.5. The van der Waals surface area contributed by atoms with Crippen LogP contribution in [0.15, 0.2) is 53.8 Å². The second kappa shape index (κ2) is 14.2. The standard InChI is InChI=1S/C31H35F6N5O3/c32-30(33,34)24-16-22(17-25(19-24)31(35,36)37)29(43)42-9-8-41(7-3-6-39-45-15-12-40-10-13-44-14-11-40)21-26(42)18-23-20-38-28-5-2-1-4-27(23)28/h1-2,4-6,16-17,19-20,26,38H,3,7-15,18,21H2/b39-6+/t26-/m1/s1. The fraction of sp³-hybridized carbons (Fsp3) is 0.484. The molecular weight excluding hydrogens is 604 g/mol. The number of hydrogen-bond donors (Lipinski definition) is 1. The molecule has 3 heterocycles. The lowest BCUT2D eigenvalue weighted by Gasteiger charge is -2.41. The minimum atomic E-state index is -5.05. The number of aromatic nitrogens is 1. The third kappa shape index (κ3) is 8.56. The van der Waals surface area contributed by atoms with Crippen molar-refractivity contribution in [2.24, 2.45) is 5.16 Å². The van der Waals surface area contributed by atoms with Gasteiger partial charge in [-0.25, -0.2) is 0 Å². The molecule has 0 aliphatic carbocycles. The molecule has 2 fully saturated rings. The lowest BCUT2D eigenvalue weighted by molar-refractivity contribution is -0.143. The van der Waals surface area contributed by atoms with Crippen molar-refractivity contribution in [2.75, 3.05) is 65.6 Å². The minimum Gasteiger partial charge on any atom is -0.395 e. The predicted octanol–water partition coefficient (Wildman–Crippen LogP) is 5.30. The summed E-state index contributed by atoms with van der Waals surface area (Å²) in [5.41, 5.74) is -1.89. The molecule has 0 saturated carbocycles. The van der Waals surface area contributed by atoms with Crippen LogP contribution in [0.25, 0.3) is 10.9 Å². The van der Waals surface area contributed by atoms with Gasteiger partial charge in [-0.2, -0.15) is 26.3 Å². The Labute approximate surface area is 256 Å². The average Bonchev–Trinajstić information content (AvgIpc) is 3.42. The van der Waals surface area contributed by atoms with Crippen LogP contribution in [0.4, 0.5) is 26.3 Å². The molecule has 1 aromatic heterocycles. The number of amides is 1. The van der Waals surface area contributed by atoms with E-state index < -0.39 is 41.0 Å². The van der Waals surface area contributed by atoms with Gasteiger partial charge in [0, 0.05) is 80.7 Å². The molecule has 8 nitrogen and oxygen atoms in total. The normalized spacial score (nSPS) is 19.1. The van der Waals surface area contributed by atoms with E-state index in [1.54, 1.807) is 6.21 Å². The van der Waals surface area contributed by atoms with Gasteiger partial charge in [-0.1, -0.05) is 23.4 Å². The van der Waals surface area contributed by atoms with E-state index in [4.69, 9.17) is 9.57 Å². The van der Waals surface area contributed by atoms with Crippen molar-refractivity contribution >= 4 is 23.0 Å². The lowest BCUT2D eigenvalue weighted by atomic mass is 9.98. The van der Waals surface area contributed by atoms with E-state index in [0.717, 1.165) is 36.1 Å². The molecule has 2 aliphatic rings. The van der Waals surface area contributed by atoms with Crippen LogP contribution in [0.2, 0.25) is 0 Å². The number of carbonyl (C=O) groups is 1. The summed E-state index contributed by atoms with van der Waals surface area (Å²) < 4.78 is 86.6. The molecule has 5 rings (SSSR count). The Morgan fingerprint density at radius 2 is 1.67 bits per heavy atom. The van der Waals surface area contributed by atoms with Crippen molar-refractivity contribution in [1.29, 1.82) is 0 Å². The number of fused-ring (bicyclic) bond motifs is 1. The number of alkyl halides is 6. The third-order valence-corrected chi connectivity index (χ3v) is 8.12. The zero-order chi connectivity index (χ0) is 32.0. The lowest BCUT2D eigenvalue weighted by Crippen LogP contribution is -2.56. The van der Waals surface area contributed by atoms with Crippen LogP contribution in [0, 0.1) is 0 Å². The molecule has 0 spiro atoms. The number of nitrogens with zero attached hydrogens (tertiary/aromatic N) is 4. The number of hydrogen-bond acceptors (Lipinski definition) is 6. The number of rotatable bonds is 10. The highest BCUT2D eigenvalue weighted by atomic mass is 19.4. The van der Waals surface area contributed by atoms with Gasteiger partial charge in [-0.3, -0.25) is 14.6 Å². The first-order valence-corrected chi connectivity index (χ1v) is 14.8. The second-order valence-electron chi connectivity index (χ2n) is 11.2. The zero-order valence-corrected chi connectivity index (χ0v) is 24.5. The van der Waals surface area contributed by atoms with E-state index in [1.165, 1.54) is 4.90 Å². The molecule has 45 heavy (non-hydrogen) atoms. The number of nitrogens with one attached hydrogen (secondary N) is 1. The predicted molar refractivity (Wildman–Crippen MR) is 156 cm³/mol. The van der Waals surface area contributed by atoms with Gasteiger partial charge in [-0.15, -0.1) is 0 Å². The molecule has 2 aromatic carbocycles. The molecule has 2 aliphatic heterocycles. The Balaban J connectivity index is 1.28. The molecule has 0 unspecified atom stereocenters. The topological polar surface area (TPSA) is 73.4 Å². The first-order chi connectivity index (χ1) is 21.5. The van der Waals surface area contributed by atoms with Crippen molar-refractivity contribution in [3.63, 3.8) is 0 Å². The van der Waals surface area contributed by atoms with E-state index in [-0.39, 0.29) is 12.6 Å². The number of ether oxygens (including phenoxy) is 1.